The summed E-state index contributed by atoms with van der Waals surface area (Å²) in [6.07, 6.45) is 13.2. The third-order valence-corrected chi connectivity index (χ3v) is 3.95. The highest BCUT2D eigenvalue weighted by molar-refractivity contribution is 7.47. The van der Waals surface area contributed by atoms with E-state index in [-0.39, 0.29) is 0 Å². The lowest BCUT2D eigenvalue weighted by atomic mass is 10.4. The second-order valence-corrected chi connectivity index (χ2v) is 4.90. The summed E-state index contributed by atoms with van der Waals surface area (Å²) in [7, 11) is 1.06. The van der Waals surface area contributed by atoms with E-state index in [0.717, 1.165) is 8.58 Å². The molecule has 11 heavy (non-hydrogen) atoms. The largest absolute Gasteiger partial charge is 0.0808 e. The van der Waals surface area contributed by atoms with E-state index in [2.05, 4.69) is 12.2 Å². The molecule has 2 aliphatic carbocycles. The van der Waals surface area contributed by atoms with E-state index in [1.807, 2.05) is 0 Å². The van der Waals surface area contributed by atoms with Crippen LogP contribution in [0.4, 0.5) is 0 Å². The van der Waals surface area contributed by atoms with Crippen molar-refractivity contribution in [2.24, 2.45) is 0 Å². The van der Waals surface area contributed by atoms with Crippen molar-refractivity contribution in [1.82, 2.24) is 0 Å². The average Bonchev–Trinajstić information content (AvgIpc) is 2.60. The van der Waals surface area contributed by atoms with Crippen molar-refractivity contribution in [2.75, 3.05) is 0 Å². The summed E-state index contributed by atoms with van der Waals surface area (Å²) < 4.78 is 0. The number of rotatable bonds is 2. The van der Waals surface area contributed by atoms with Crippen molar-refractivity contribution in [2.45, 2.75) is 38.5 Å². The molecule has 0 nitrogen and oxygen atoms in total. The smallest absolute Gasteiger partial charge is 0.0274 e. The van der Waals surface area contributed by atoms with Gasteiger partial charge < -0.3 is 0 Å². The molecule has 2 rings (SSSR count). The van der Waals surface area contributed by atoms with E-state index in [0.29, 0.717) is 0 Å². The van der Waals surface area contributed by atoms with Gasteiger partial charge >= 0.3 is 0 Å². The Hall–Kier alpha value is -0.0900. The summed E-state index contributed by atoms with van der Waals surface area (Å²) in [5.74, 6) is 0. The molecule has 0 spiro atoms. The summed E-state index contributed by atoms with van der Waals surface area (Å²) in [5.41, 5.74) is 0. The van der Waals surface area contributed by atoms with Gasteiger partial charge in [-0.2, -0.15) is 0 Å². The van der Waals surface area contributed by atoms with Gasteiger partial charge in [0.1, 0.15) is 0 Å². The zero-order valence-corrected chi connectivity index (χ0v) is 7.90. The molecule has 0 radical (unpaired) electrons. The van der Waals surface area contributed by atoms with Crippen LogP contribution in [-0.2, 0) is 0 Å². The lowest BCUT2D eigenvalue weighted by molar-refractivity contribution is 0.920. The molecule has 0 atom stereocenters. The predicted molar refractivity (Wildman–Crippen MR) is 52.2 cm³/mol. The second kappa shape index (κ2) is 3.54. The zero-order chi connectivity index (χ0) is 7.52. The normalized spacial score (nSPS) is 23.6. The summed E-state index contributed by atoms with van der Waals surface area (Å²) in [5, 5.41) is 3.47. The van der Waals surface area contributed by atoms with Gasteiger partial charge in [0, 0.05) is 0 Å². The van der Waals surface area contributed by atoms with Gasteiger partial charge in [0.2, 0.25) is 0 Å². The summed E-state index contributed by atoms with van der Waals surface area (Å²) in [6, 6.07) is 0. The minimum atomic E-state index is 1.06. The number of hydrogen-bond acceptors (Lipinski definition) is 0. The maximum absolute atomic E-state index is 2.46. The van der Waals surface area contributed by atoms with Crippen molar-refractivity contribution in [3.63, 3.8) is 0 Å². The maximum Gasteiger partial charge on any atom is -0.0274 e. The first-order valence-electron chi connectivity index (χ1n) is 4.60. The van der Waals surface area contributed by atoms with Gasteiger partial charge in [-0.05, 0) is 49.2 Å². The summed E-state index contributed by atoms with van der Waals surface area (Å²) in [6.45, 7) is 0. The SMILES string of the molecule is C1=C(PC2=CCCC2)CCC1. The Morgan fingerprint density at radius 2 is 1.45 bits per heavy atom. The molecule has 60 valence electrons. The van der Waals surface area contributed by atoms with E-state index in [4.69, 9.17) is 0 Å². The van der Waals surface area contributed by atoms with Crippen molar-refractivity contribution >= 4 is 8.58 Å². The average molecular weight is 166 g/mol. The van der Waals surface area contributed by atoms with Gasteiger partial charge in [-0.25, -0.2) is 0 Å². The number of allylic oxidation sites excluding steroid dienone is 4. The first-order chi connectivity index (χ1) is 5.45. The highest BCUT2D eigenvalue weighted by atomic mass is 31.1. The lowest BCUT2D eigenvalue weighted by Gasteiger charge is -2.01. The molecular formula is C10H15P. The van der Waals surface area contributed by atoms with Gasteiger partial charge in [-0.1, -0.05) is 20.7 Å². The van der Waals surface area contributed by atoms with Gasteiger partial charge in [0.05, 0.1) is 0 Å². The highest BCUT2D eigenvalue weighted by Crippen LogP contribution is 2.43. The predicted octanol–water partition coefficient (Wildman–Crippen LogP) is 3.80. The Balaban J connectivity index is 1.89. The minimum Gasteiger partial charge on any atom is -0.0808 e. The zero-order valence-electron chi connectivity index (χ0n) is 6.90. The van der Waals surface area contributed by atoms with Crippen LogP contribution in [0.25, 0.3) is 0 Å². The van der Waals surface area contributed by atoms with Crippen LogP contribution in [-0.4, -0.2) is 0 Å². The van der Waals surface area contributed by atoms with Crippen molar-refractivity contribution in [3.8, 4) is 0 Å². The van der Waals surface area contributed by atoms with Crippen LogP contribution in [0.1, 0.15) is 38.5 Å². The Bertz CT molecular complexity index is 179. The molecule has 0 bridgehead atoms. The molecule has 0 unspecified atom stereocenters. The number of hydrogen-bond donors (Lipinski definition) is 0. The fourth-order valence-corrected chi connectivity index (χ4v) is 3.28. The molecule has 0 aliphatic heterocycles. The summed E-state index contributed by atoms with van der Waals surface area (Å²) in [4.78, 5) is 0. The summed E-state index contributed by atoms with van der Waals surface area (Å²) >= 11 is 0. The molecule has 0 heterocycles. The molecule has 1 heteroatoms. The fraction of sp³-hybridized carbons (Fsp3) is 0.600. The molecule has 0 aromatic rings. The Morgan fingerprint density at radius 1 is 0.909 bits per heavy atom. The quantitative estimate of drug-likeness (QED) is 0.547. The van der Waals surface area contributed by atoms with Crippen LogP contribution in [0.3, 0.4) is 0 Å². The Morgan fingerprint density at radius 3 is 1.82 bits per heavy atom. The molecular weight excluding hydrogens is 151 g/mol. The van der Waals surface area contributed by atoms with Crippen molar-refractivity contribution in [1.29, 1.82) is 0 Å². The standard InChI is InChI=1S/C10H15P/c1-2-6-9(5-1)11-10-7-3-4-8-10/h5,7,11H,1-4,6,8H2. The van der Waals surface area contributed by atoms with Gasteiger partial charge in [-0.15, -0.1) is 0 Å². The van der Waals surface area contributed by atoms with Crippen LogP contribution in [0.15, 0.2) is 22.8 Å². The highest BCUT2D eigenvalue weighted by Gasteiger charge is 2.09. The van der Waals surface area contributed by atoms with Gasteiger partial charge in [0.15, 0.2) is 0 Å². The van der Waals surface area contributed by atoms with Gasteiger partial charge in [-0.3, -0.25) is 0 Å². The third kappa shape index (κ3) is 1.93. The first kappa shape index (κ1) is 7.55. The molecule has 0 aromatic heterocycles. The fourth-order valence-electron chi connectivity index (χ4n) is 1.78. The van der Waals surface area contributed by atoms with Crippen LogP contribution < -0.4 is 0 Å². The van der Waals surface area contributed by atoms with E-state index in [9.17, 15) is 0 Å². The molecule has 0 aromatic carbocycles. The van der Waals surface area contributed by atoms with Crippen LogP contribution in [0, 0.1) is 0 Å². The molecule has 0 amide bonds. The van der Waals surface area contributed by atoms with Crippen molar-refractivity contribution < 1.29 is 0 Å². The van der Waals surface area contributed by atoms with E-state index < -0.39 is 0 Å². The van der Waals surface area contributed by atoms with Crippen LogP contribution in [0.5, 0.6) is 0 Å². The first-order valence-corrected chi connectivity index (χ1v) is 5.60. The van der Waals surface area contributed by atoms with E-state index in [1.54, 1.807) is 10.6 Å². The maximum atomic E-state index is 2.46. The monoisotopic (exact) mass is 166 g/mol. The van der Waals surface area contributed by atoms with E-state index >= 15 is 0 Å². The topological polar surface area (TPSA) is 0 Å². The van der Waals surface area contributed by atoms with Crippen LogP contribution >= 0.6 is 8.58 Å². The second-order valence-electron chi connectivity index (χ2n) is 3.37. The Kier molecular flexibility index (Phi) is 2.43. The molecule has 0 saturated carbocycles. The molecule has 0 saturated heterocycles. The minimum absolute atomic E-state index is 1.06. The molecule has 0 N–H and O–H groups in total. The third-order valence-electron chi connectivity index (χ3n) is 2.40. The van der Waals surface area contributed by atoms with E-state index in [1.165, 1.54) is 38.5 Å². The van der Waals surface area contributed by atoms with Crippen LogP contribution in [0.2, 0.25) is 0 Å². The molecule has 2 aliphatic rings. The Labute approximate surface area is 70.5 Å². The lowest BCUT2D eigenvalue weighted by Crippen LogP contribution is -1.68. The van der Waals surface area contributed by atoms with Crippen molar-refractivity contribution in [3.05, 3.63) is 22.8 Å². The molecule has 0 fully saturated rings. The van der Waals surface area contributed by atoms with Gasteiger partial charge in [0.25, 0.3) is 0 Å².